The molecule has 6 nitrogen and oxygen atoms in total. The lowest BCUT2D eigenvalue weighted by molar-refractivity contribution is -0.137. The van der Waals surface area contributed by atoms with Crippen molar-refractivity contribution in [3.8, 4) is 11.5 Å². The van der Waals surface area contributed by atoms with Crippen LogP contribution in [0.4, 0.5) is 19.0 Å². The van der Waals surface area contributed by atoms with Crippen LogP contribution in [0.5, 0.6) is 11.5 Å². The number of piperazine rings is 1. The van der Waals surface area contributed by atoms with Crippen LogP contribution in [0.1, 0.15) is 11.1 Å². The summed E-state index contributed by atoms with van der Waals surface area (Å²) in [5.74, 6) is 1.57. The summed E-state index contributed by atoms with van der Waals surface area (Å²) in [7, 11) is 3.11. The smallest absolute Gasteiger partial charge is 0.417 e. The van der Waals surface area contributed by atoms with Crippen molar-refractivity contribution in [1.82, 2.24) is 9.88 Å². The Hall–Kier alpha value is -3.23. The Kier molecular flexibility index (Phi) is 6.49. The Bertz CT molecular complexity index is 884. The second kappa shape index (κ2) is 9.06. The van der Waals surface area contributed by atoms with E-state index >= 15 is 0 Å². The highest BCUT2D eigenvalue weighted by atomic mass is 19.4. The maximum atomic E-state index is 12.7. The zero-order chi connectivity index (χ0) is 21.7. The van der Waals surface area contributed by atoms with Gasteiger partial charge in [-0.1, -0.05) is 0 Å². The van der Waals surface area contributed by atoms with Gasteiger partial charge in [0.1, 0.15) is 17.3 Å². The average Bonchev–Trinajstić information content (AvgIpc) is 2.76. The number of carbonyl (C=O) groups is 1. The number of aromatic nitrogens is 1. The average molecular weight is 421 g/mol. The molecule has 30 heavy (non-hydrogen) atoms. The molecule has 1 aliphatic heterocycles. The van der Waals surface area contributed by atoms with Crippen LogP contribution in [0.15, 0.2) is 42.6 Å². The first-order chi connectivity index (χ1) is 14.3. The molecule has 0 spiro atoms. The lowest BCUT2D eigenvalue weighted by atomic mass is 10.1. The van der Waals surface area contributed by atoms with E-state index in [1.807, 2.05) is 4.90 Å². The predicted octanol–water partition coefficient (Wildman–Crippen LogP) is 3.48. The third kappa shape index (κ3) is 5.22. The highest BCUT2D eigenvalue weighted by Gasteiger charge is 2.31. The Morgan fingerprint density at radius 3 is 2.17 bits per heavy atom. The lowest BCUT2D eigenvalue weighted by Gasteiger charge is -2.35. The number of methoxy groups -OCH3 is 2. The van der Waals surface area contributed by atoms with Crippen LogP contribution in [0.2, 0.25) is 0 Å². The number of carbonyl (C=O) groups excluding carboxylic acids is 1. The fourth-order valence-electron chi connectivity index (χ4n) is 3.10. The Balaban J connectivity index is 1.58. The summed E-state index contributed by atoms with van der Waals surface area (Å²) in [5, 5.41) is 0. The SMILES string of the molecule is COc1cc(/C=C/C(=O)N2CCN(c3ccc(C(F)(F)F)cn3)CC2)cc(OC)c1. The number of hydrogen-bond donors (Lipinski definition) is 0. The number of pyridine rings is 1. The fourth-order valence-corrected chi connectivity index (χ4v) is 3.10. The van der Waals surface area contributed by atoms with E-state index in [-0.39, 0.29) is 5.91 Å². The first-order valence-corrected chi connectivity index (χ1v) is 9.28. The van der Waals surface area contributed by atoms with E-state index in [1.54, 1.807) is 43.4 Å². The van der Waals surface area contributed by atoms with Gasteiger partial charge < -0.3 is 19.3 Å². The van der Waals surface area contributed by atoms with Crippen molar-refractivity contribution in [2.24, 2.45) is 0 Å². The number of rotatable bonds is 5. The number of anilines is 1. The van der Waals surface area contributed by atoms with E-state index in [2.05, 4.69) is 4.98 Å². The minimum Gasteiger partial charge on any atom is -0.497 e. The monoisotopic (exact) mass is 421 g/mol. The van der Waals surface area contributed by atoms with Gasteiger partial charge in [0, 0.05) is 44.5 Å². The van der Waals surface area contributed by atoms with Crippen molar-refractivity contribution in [2.75, 3.05) is 45.3 Å². The second-order valence-electron chi connectivity index (χ2n) is 6.69. The van der Waals surface area contributed by atoms with Crippen molar-refractivity contribution < 1.29 is 27.4 Å². The summed E-state index contributed by atoms with van der Waals surface area (Å²) in [4.78, 5) is 20.0. The van der Waals surface area contributed by atoms with Gasteiger partial charge in [0.15, 0.2) is 0 Å². The van der Waals surface area contributed by atoms with E-state index in [1.165, 1.54) is 12.1 Å². The quantitative estimate of drug-likeness (QED) is 0.692. The molecular weight excluding hydrogens is 399 g/mol. The first-order valence-electron chi connectivity index (χ1n) is 9.28. The Labute approximate surface area is 172 Å². The van der Waals surface area contributed by atoms with Crippen LogP contribution in [0, 0.1) is 0 Å². The van der Waals surface area contributed by atoms with E-state index in [0.717, 1.165) is 17.8 Å². The summed E-state index contributed by atoms with van der Waals surface area (Å²) in [6.45, 7) is 1.89. The molecule has 2 aromatic rings. The van der Waals surface area contributed by atoms with Gasteiger partial charge in [-0.15, -0.1) is 0 Å². The van der Waals surface area contributed by atoms with Gasteiger partial charge >= 0.3 is 6.18 Å². The van der Waals surface area contributed by atoms with Crippen LogP contribution in [0.25, 0.3) is 6.08 Å². The molecule has 0 unspecified atom stereocenters. The standard InChI is InChI=1S/C21H22F3N3O3/c1-29-17-11-15(12-18(13-17)30-2)3-6-20(28)27-9-7-26(8-10-27)19-5-4-16(14-25-19)21(22,23)24/h3-6,11-14H,7-10H2,1-2H3/b6-3+. The molecule has 1 amide bonds. The topological polar surface area (TPSA) is 54.9 Å². The first kappa shape index (κ1) is 21.5. The number of hydrogen-bond acceptors (Lipinski definition) is 5. The summed E-state index contributed by atoms with van der Waals surface area (Å²) < 4.78 is 48.4. The largest absolute Gasteiger partial charge is 0.497 e. The number of nitrogens with zero attached hydrogens (tertiary/aromatic N) is 3. The van der Waals surface area contributed by atoms with Crippen molar-refractivity contribution >= 4 is 17.8 Å². The van der Waals surface area contributed by atoms with E-state index < -0.39 is 11.7 Å². The normalized spacial score (nSPS) is 14.8. The Morgan fingerprint density at radius 1 is 1.03 bits per heavy atom. The molecule has 0 atom stereocenters. The molecule has 1 aromatic heterocycles. The van der Waals surface area contributed by atoms with Gasteiger partial charge in [-0.05, 0) is 35.9 Å². The maximum absolute atomic E-state index is 12.7. The van der Waals surface area contributed by atoms with Gasteiger partial charge in [-0.2, -0.15) is 13.2 Å². The van der Waals surface area contributed by atoms with E-state index in [4.69, 9.17) is 9.47 Å². The number of ether oxygens (including phenoxy) is 2. The Morgan fingerprint density at radius 2 is 1.67 bits per heavy atom. The minimum absolute atomic E-state index is 0.142. The molecule has 0 saturated carbocycles. The molecule has 160 valence electrons. The fraction of sp³-hybridized carbons (Fsp3) is 0.333. The zero-order valence-corrected chi connectivity index (χ0v) is 16.6. The van der Waals surface area contributed by atoms with Crippen LogP contribution in [-0.2, 0) is 11.0 Å². The zero-order valence-electron chi connectivity index (χ0n) is 16.6. The molecule has 1 fully saturated rings. The van der Waals surface area contributed by atoms with Crippen molar-refractivity contribution in [3.63, 3.8) is 0 Å². The van der Waals surface area contributed by atoms with Gasteiger partial charge in [-0.25, -0.2) is 4.98 Å². The summed E-state index contributed by atoms with van der Waals surface area (Å²) in [6, 6.07) is 7.70. The van der Waals surface area contributed by atoms with Crippen molar-refractivity contribution in [1.29, 1.82) is 0 Å². The molecule has 3 rings (SSSR count). The number of amides is 1. The lowest BCUT2D eigenvalue weighted by Crippen LogP contribution is -2.48. The summed E-state index contributed by atoms with van der Waals surface area (Å²) in [6.07, 6.45) is -0.398. The maximum Gasteiger partial charge on any atom is 0.417 e. The number of halogens is 3. The third-order valence-corrected chi connectivity index (χ3v) is 4.78. The molecule has 0 radical (unpaired) electrons. The molecule has 9 heteroatoms. The highest BCUT2D eigenvalue weighted by Crippen LogP contribution is 2.29. The van der Waals surface area contributed by atoms with Crippen LogP contribution < -0.4 is 14.4 Å². The molecule has 1 aromatic carbocycles. The molecule has 1 aliphatic rings. The van der Waals surface area contributed by atoms with Gasteiger partial charge in [0.05, 0.1) is 19.8 Å². The summed E-state index contributed by atoms with van der Waals surface area (Å²) in [5.41, 5.74) is -0.00786. The molecule has 2 heterocycles. The number of benzene rings is 1. The highest BCUT2D eigenvalue weighted by molar-refractivity contribution is 5.92. The van der Waals surface area contributed by atoms with Crippen LogP contribution in [-0.4, -0.2) is 56.2 Å². The van der Waals surface area contributed by atoms with Crippen LogP contribution in [0.3, 0.4) is 0 Å². The summed E-state index contributed by atoms with van der Waals surface area (Å²) >= 11 is 0. The molecule has 0 aliphatic carbocycles. The molecule has 1 saturated heterocycles. The molecular formula is C21H22F3N3O3. The van der Waals surface area contributed by atoms with E-state index in [9.17, 15) is 18.0 Å². The predicted molar refractivity (Wildman–Crippen MR) is 107 cm³/mol. The third-order valence-electron chi connectivity index (χ3n) is 4.78. The van der Waals surface area contributed by atoms with Gasteiger partial charge in [-0.3, -0.25) is 4.79 Å². The second-order valence-corrected chi connectivity index (χ2v) is 6.69. The van der Waals surface area contributed by atoms with Gasteiger partial charge in [0.2, 0.25) is 5.91 Å². The van der Waals surface area contributed by atoms with Crippen molar-refractivity contribution in [3.05, 3.63) is 53.7 Å². The molecule has 0 bridgehead atoms. The van der Waals surface area contributed by atoms with E-state index in [0.29, 0.717) is 43.5 Å². The van der Waals surface area contributed by atoms with Crippen LogP contribution >= 0.6 is 0 Å². The number of alkyl halides is 3. The minimum atomic E-state index is -4.41. The van der Waals surface area contributed by atoms with Gasteiger partial charge in [0.25, 0.3) is 0 Å². The molecule has 0 N–H and O–H groups in total. The van der Waals surface area contributed by atoms with Crippen molar-refractivity contribution in [2.45, 2.75) is 6.18 Å².